The van der Waals surface area contributed by atoms with Crippen LogP contribution in [0.1, 0.15) is 6.42 Å². The monoisotopic (exact) mass is 224 g/mol. The van der Waals surface area contributed by atoms with Crippen LogP contribution in [0.5, 0.6) is 0 Å². The van der Waals surface area contributed by atoms with Gasteiger partial charge in [0, 0.05) is 28.6 Å². The largest absolute Gasteiger partial charge is 0.326 e. The van der Waals surface area contributed by atoms with Crippen molar-refractivity contribution in [3.05, 3.63) is 39.7 Å². The Morgan fingerprint density at radius 3 is 3.07 bits per heavy atom. The van der Waals surface area contributed by atoms with E-state index in [0.29, 0.717) is 10.7 Å². The molecule has 0 unspecified atom stereocenters. The first-order chi connectivity index (χ1) is 7.22. The maximum atomic E-state index is 11.3. The van der Waals surface area contributed by atoms with Crippen LogP contribution in [0.3, 0.4) is 0 Å². The molecule has 1 rings (SSSR count). The molecule has 0 aliphatic carbocycles. The first-order valence-corrected chi connectivity index (χ1v) is 4.66. The summed E-state index contributed by atoms with van der Waals surface area (Å²) in [6.45, 7) is 0.156. The third kappa shape index (κ3) is 4.35. The summed E-state index contributed by atoms with van der Waals surface area (Å²) < 4.78 is 0. The SMILES string of the molecule is [N-]=[N+]=NCCC(=O)Nc1cccc(Cl)c1. The van der Waals surface area contributed by atoms with Crippen molar-refractivity contribution >= 4 is 23.2 Å². The lowest BCUT2D eigenvalue weighted by atomic mass is 10.3. The van der Waals surface area contributed by atoms with E-state index in [4.69, 9.17) is 17.1 Å². The van der Waals surface area contributed by atoms with Crippen LogP contribution < -0.4 is 5.32 Å². The highest BCUT2D eigenvalue weighted by Crippen LogP contribution is 2.14. The standard InChI is InChI=1S/C9H9ClN4O/c10-7-2-1-3-8(6-7)13-9(15)4-5-12-14-11/h1-3,6H,4-5H2,(H,13,15). The molecule has 0 bridgehead atoms. The number of nitrogens with one attached hydrogen (secondary N) is 1. The summed E-state index contributed by atoms with van der Waals surface area (Å²) >= 11 is 5.74. The fourth-order valence-corrected chi connectivity index (χ4v) is 1.18. The molecule has 1 amide bonds. The van der Waals surface area contributed by atoms with Crippen LogP contribution in [-0.4, -0.2) is 12.5 Å². The lowest BCUT2D eigenvalue weighted by Crippen LogP contribution is -2.12. The molecule has 6 heteroatoms. The number of halogens is 1. The van der Waals surface area contributed by atoms with Crippen LogP contribution in [0.2, 0.25) is 5.02 Å². The van der Waals surface area contributed by atoms with Gasteiger partial charge in [-0.05, 0) is 23.7 Å². The number of anilines is 1. The van der Waals surface area contributed by atoms with Crippen LogP contribution in [0, 0.1) is 0 Å². The van der Waals surface area contributed by atoms with Crippen LogP contribution in [0.4, 0.5) is 5.69 Å². The Bertz CT molecular complexity index is 401. The van der Waals surface area contributed by atoms with Gasteiger partial charge in [-0.1, -0.05) is 22.8 Å². The zero-order valence-corrected chi connectivity index (χ0v) is 8.61. The van der Waals surface area contributed by atoms with Crippen molar-refractivity contribution < 1.29 is 4.79 Å². The fourth-order valence-electron chi connectivity index (χ4n) is 0.986. The van der Waals surface area contributed by atoms with E-state index in [9.17, 15) is 4.79 Å². The highest BCUT2D eigenvalue weighted by molar-refractivity contribution is 6.30. The van der Waals surface area contributed by atoms with Crippen LogP contribution in [0.25, 0.3) is 10.4 Å². The minimum atomic E-state index is -0.204. The number of amides is 1. The number of rotatable bonds is 4. The predicted molar refractivity (Wildman–Crippen MR) is 58.7 cm³/mol. The number of benzene rings is 1. The van der Waals surface area contributed by atoms with Crippen LogP contribution in [0.15, 0.2) is 29.4 Å². The summed E-state index contributed by atoms with van der Waals surface area (Å²) in [5, 5.41) is 6.46. The topological polar surface area (TPSA) is 77.9 Å². The summed E-state index contributed by atoms with van der Waals surface area (Å²) in [7, 11) is 0. The molecule has 0 spiro atoms. The second kappa shape index (κ2) is 5.90. The minimum Gasteiger partial charge on any atom is -0.326 e. The summed E-state index contributed by atoms with van der Waals surface area (Å²) in [5.74, 6) is -0.204. The molecule has 0 radical (unpaired) electrons. The van der Waals surface area contributed by atoms with Crippen LogP contribution in [-0.2, 0) is 4.79 Å². The Balaban J connectivity index is 2.47. The summed E-state index contributed by atoms with van der Waals surface area (Å²) in [5.41, 5.74) is 8.65. The Labute approximate surface area is 91.7 Å². The van der Waals surface area contributed by atoms with Gasteiger partial charge in [0.1, 0.15) is 0 Å². The highest BCUT2D eigenvalue weighted by Gasteiger charge is 2.01. The molecule has 1 aromatic rings. The Morgan fingerprint density at radius 2 is 2.40 bits per heavy atom. The predicted octanol–water partition coefficient (Wildman–Crippen LogP) is 2.98. The first-order valence-electron chi connectivity index (χ1n) is 4.28. The van der Waals surface area contributed by atoms with Gasteiger partial charge in [-0.2, -0.15) is 0 Å². The van der Waals surface area contributed by atoms with Gasteiger partial charge < -0.3 is 5.32 Å². The van der Waals surface area contributed by atoms with Crippen molar-refractivity contribution in [3.8, 4) is 0 Å². The molecule has 0 fully saturated rings. The number of nitrogens with zero attached hydrogens (tertiary/aromatic N) is 3. The van der Waals surface area contributed by atoms with E-state index in [1.807, 2.05) is 0 Å². The molecule has 78 valence electrons. The Morgan fingerprint density at radius 1 is 1.60 bits per heavy atom. The van der Waals surface area contributed by atoms with Crippen LogP contribution >= 0.6 is 11.6 Å². The molecule has 0 aliphatic rings. The van der Waals surface area contributed by atoms with Gasteiger partial charge in [-0.15, -0.1) is 0 Å². The molecule has 1 aromatic carbocycles. The van der Waals surface area contributed by atoms with E-state index in [-0.39, 0.29) is 18.9 Å². The summed E-state index contributed by atoms with van der Waals surface area (Å²) in [6.07, 6.45) is 0.163. The van der Waals surface area contributed by atoms with Gasteiger partial charge in [0.2, 0.25) is 5.91 Å². The van der Waals surface area contributed by atoms with Gasteiger partial charge in [0.25, 0.3) is 0 Å². The molecular formula is C9H9ClN4O. The molecule has 0 saturated heterocycles. The zero-order chi connectivity index (χ0) is 11.1. The number of hydrogen-bond donors (Lipinski definition) is 1. The molecular weight excluding hydrogens is 216 g/mol. The lowest BCUT2D eigenvalue weighted by Gasteiger charge is -2.03. The summed E-state index contributed by atoms with van der Waals surface area (Å²) in [4.78, 5) is 13.8. The smallest absolute Gasteiger partial charge is 0.224 e. The van der Waals surface area contributed by atoms with Crippen molar-refractivity contribution in [1.82, 2.24) is 0 Å². The molecule has 0 aliphatic heterocycles. The van der Waals surface area contributed by atoms with E-state index in [0.717, 1.165) is 0 Å². The molecule has 5 nitrogen and oxygen atoms in total. The van der Waals surface area contributed by atoms with Gasteiger partial charge in [-0.25, -0.2) is 0 Å². The molecule has 0 atom stereocenters. The number of hydrogen-bond acceptors (Lipinski definition) is 2. The molecule has 1 N–H and O–H groups in total. The lowest BCUT2D eigenvalue weighted by molar-refractivity contribution is -0.116. The Hall–Kier alpha value is -1.71. The average Bonchev–Trinajstić information content (AvgIpc) is 2.18. The van der Waals surface area contributed by atoms with Gasteiger partial charge in [0.15, 0.2) is 0 Å². The third-order valence-corrected chi connectivity index (χ3v) is 1.85. The van der Waals surface area contributed by atoms with E-state index < -0.39 is 0 Å². The normalized spacial score (nSPS) is 9.13. The second-order valence-corrected chi connectivity index (χ2v) is 3.20. The third-order valence-electron chi connectivity index (χ3n) is 1.61. The van der Waals surface area contributed by atoms with Crippen molar-refractivity contribution in [3.63, 3.8) is 0 Å². The second-order valence-electron chi connectivity index (χ2n) is 2.76. The highest BCUT2D eigenvalue weighted by atomic mass is 35.5. The van der Waals surface area contributed by atoms with Crippen molar-refractivity contribution in [2.24, 2.45) is 5.11 Å². The number of carbonyl (C=O) groups excluding carboxylic acids is 1. The van der Waals surface area contributed by atoms with Gasteiger partial charge in [-0.3, -0.25) is 4.79 Å². The molecule has 0 heterocycles. The van der Waals surface area contributed by atoms with Crippen molar-refractivity contribution in [2.45, 2.75) is 6.42 Å². The van der Waals surface area contributed by atoms with Gasteiger partial charge >= 0.3 is 0 Å². The van der Waals surface area contributed by atoms with Crippen molar-refractivity contribution in [1.29, 1.82) is 0 Å². The molecule has 15 heavy (non-hydrogen) atoms. The maximum Gasteiger partial charge on any atom is 0.224 e. The Kier molecular flexibility index (Phi) is 4.47. The number of azide groups is 1. The van der Waals surface area contributed by atoms with E-state index in [2.05, 4.69) is 15.3 Å². The molecule has 0 saturated carbocycles. The molecule has 0 aromatic heterocycles. The zero-order valence-electron chi connectivity index (χ0n) is 7.85. The average molecular weight is 225 g/mol. The quantitative estimate of drug-likeness (QED) is 0.476. The number of carbonyl (C=O) groups is 1. The minimum absolute atomic E-state index is 0.156. The van der Waals surface area contributed by atoms with E-state index in [1.54, 1.807) is 24.3 Å². The summed E-state index contributed by atoms with van der Waals surface area (Å²) in [6, 6.07) is 6.84. The maximum absolute atomic E-state index is 11.3. The fraction of sp³-hybridized carbons (Fsp3) is 0.222. The van der Waals surface area contributed by atoms with Crippen molar-refractivity contribution in [2.75, 3.05) is 11.9 Å². The van der Waals surface area contributed by atoms with E-state index in [1.165, 1.54) is 0 Å². The first kappa shape index (κ1) is 11.4. The van der Waals surface area contributed by atoms with E-state index >= 15 is 0 Å². The van der Waals surface area contributed by atoms with Gasteiger partial charge in [0.05, 0.1) is 0 Å².